The molecule has 122 valence electrons. The maximum atomic E-state index is 13.1. The van der Waals surface area contributed by atoms with Gasteiger partial charge in [0.15, 0.2) is 23.3 Å². The van der Waals surface area contributed by atoms with Crippen molar-refractivity contribution in [2.24, 2.45) is 0 Å². The van der Waals surface area contributed by atoms with Gasteiger partial charge in [0.25, 0.3) is 0 Å². The van der Waals surface area contributed by atoms with Gasteiger partial charge in [0.1, 0.15) is 0 Å². The summed E-state index contributed by atoms with van der Waals surface area (Å²) in [7, 11) is 0. The lowest BCUT2D eigenvalue weighted by Gasteiger charge is -2.14. The number of benzene rings is 2. The zero-order chi connectivity index (χ0) is 17.0. The second-order valence-electron chi connectivity index (χ2n) is 4.95. The van der Waals surface area contributed by atoms with Gasteiger partial charge in [-0.3, -0.25) is 4.79 Å². The highest BCUT2D eigenvalue weighted by molar-refractivity contribution is 5.92. The molecule has 0 heterocycles. The van der Waals surface area contributed by atoms with Gasteiger partial charge in [-0.05, 0) is 36.8 Å². The van der Waals surface area contributed by atoms with Crippen LogP contribution in [0.5, 0.6) is 0 Å². The molecule has 7 heteroatoms. The van der Waals surface area contributed by atoms with Gasteiger partial charge < -0.3 is 10.6 Å². The normalized spacial score (nSPS) is 12.0. The molecule has 0 aliphatic rings. The van der Waals surface area contributed by atoms with E-state index in [1.165, 1.54) is 12.1 Å². The van der Waals surface area contributed by atoms with Gasteiger partial charge in [0, 0.05) is 17.8 Å². The third kappa shape index (κ3) is 4.53. The van der Waals surface area contributed by atoms with Crippen LogP contribution in [0.25, 0.3) is 0 Å². The number of carbonyl (C=O) groups is 1. The van der Waals surface area contributed by atoms with Crippen LogP contribution in [0.15, 0.2) is 36.4 Å². The number of anilines is 1. The van der Waals surface area contributed by atoms with Gasteiger partial charge in [-0.15, -0.1) is 0 Å². The molecule has 0 aliphatic carbocycles. The van der Waals surface area contributed by atoms with Crippen LogP contribution >= 0.6 is 0 Å². The topological polar surface area (TPSA) is 41.1 Å². The van der Waals surface area contributed by atoms with Gasteiger partial charge in [0.05, 0.1) is 6.54 Å². The molecule has 23 heavy (non-hydrogen) atoms. The first kappa shape index (κ1) is 17.0. The fourth-order valence-electron chi connectivity index (χ4n) is 1.92. The summed E-state index contributed by atoms with van der Waals surface area (Å²) in [6, 6.07) is 6.05. The summed E-state index contributed by atoms with van der Waals surface area (Å²) < 4.78 is 51.8. The Labute approximate surface area is 130 Å². The Bertz CT molecular complexity index is 721. The van der Waals surface area contributed by atoms with Crippen molar-refractivity contribution in [1.29, 1.82) is 0 Å². The SMILES string of the molecule is C[C@H](NCC(=O)Nc1ccc(F)c(F)c1)c1ccc(F)c(F)c1. The van der Waals surface area contributed by atoms with E-state index in [2.05, 4.69) is 10.6 Å². The monoisotopic (exact) mass is 326 g/mol. The average molecular weight is 326 g/mol. The Morgan fingerprint density at radius 2 is 1.57 bits per heavy atom. The van der Waals surface area contributed by atoms with Crippen molar-refractivity contribution in [2.75, 3.05) is 11.9 Å². The fourth-order valence-corrected chi connectivity index (χ4v) is 1.92. The van der Waals surface area contributed by atoms with Crippen LogP contribution in [0.3, 0.4) is 0 Å². The molecule has 0 unspecified atom stereocenters. The highest BCUT2D eigenvalue weighted by Gasteiger charge is 2.11. The molecule has 2 rings (SSSR count). The van der Waals surface area contributed by atoms with Gasteiger partial charge in [-0.2, -0.15) is 0 Å². The Kier molecular flexibility index (Phi) is 5.33. The molecule has 0 aliphatic heterocycles. The van der Waals surface area contributed by atoms with Crippen molar-refractivity contribution < 1.29 is 22.4 Å². The molecule has 0 fully saturated rings. The molecule has 2 aromatic carbocycles. The lowest BCUT2D eigenvalue weighted by Crippen LogP contribution is -2.30. The zero-order valence-corrected chi connectivity index (χ0v) is 12.2. The minimum Gasteiger partial charge on any atom is -0.325 e. The number of nitrogens with one attached hydrogen (secondary N) is 2. The lowest BCUT2D eigenvalue weighted by atomic mass is 10.1. The van der Waals surface area contributed by atoms with Crippen molar-refractivity contribution in [3.63, 3.8) is 0 Å². The third-order valence-corrected chi connectivity index (χ3v) is 3.22. The van der Waals surface area contributed by atoms with E-state index in [0.29, 0.717) is 5.56 Å². The Morgan fingerprint density at radius 1 is 0.957 bits per heavy atom. The van der Waals surface area contributed by atoms with Crippen LogP contribution in [-0.4, -0.2) is 12.5 Å². The molecule has 0 saturated carbocycles. The predicted octanol–water partition coefficient (Wildman–Crippen LogP) is 3.53. The van der Waals surface area contributed by atoms with Crippen molar-refractivity contribution in [3.8, 4) is 0 Å². The lowest BCUT2D eigenvalue weighted by molar-refractivity contribution is -0.115. The van der Waals surface area contributed by atoms with Crippen LogP contribution in [0.1, 0.15) is 18.5 Å². The van der Waals surface area contributed by atoms with Crippen LogP contribution in [0, 0.1) is 23.3 Å². The number of hydrogen-bond donors (Lipinski definition) is 2. The second kappa shape index (κ2) is 7.23. The summed E-state index contributed by atoms with van der Waals surface area (Å²) in [4.78, 5) is 11.7. The van der Waals surface area contributed by atoms with E-state index in [0.717, 1.165) is 24.3 Å². The van der Waals surface area contributed by atoms with E-state index >= 15 is 0 Å². The smallest absolute Gasteiger partial charge is 0.238 e. The summed E-state index contributed by atoms with van der Waals surface area (Å²) in [5.41, 5.74) is 0.598. The van der Waals surface area contributed by atoms with Gasteiger partial charge in [-0.1, -0.05) is 6.07 Å². The van der Waals surface area contributed by atoms with Crippen molar-refractivity contribution in [3.05, 3.63) is 65.2 Å². The molecule has 3 nitrogen and oxygen atoms in total. The number of rotatable bonds is 5. The van der Waals surface area contributed by atoms with E-state index in [1.54, 1.807) is 6.92 Å². The first-order chi connectivity index (χ1) is 10.9. The molecule has 0 radical (unpaired) electrons. The molecule has 2 N–H and O–H groups in total. The predicted molar refractivity (Wildman–Crippen MR) is 77.8 cm³/mol. The van der Waals surface area contributed by atoms with Gasteiger partial charge in [0.2, 0.25) is 5.91 Å². The molecule has 1 atom stereocenters. The standard InChI is InChI=1S/C16H14F4N2O/c1-9(10-2-4-12(17)14(19)6-10)21-8-16(23)22-11-3-5-13(18)15(20)7-11/h2-7,9,21H,8H2,1H3,(H,22,23)/t9-/m0/s1. The average Bonchev–Trinajstić information content (AvgIpc) is 2.51. The molecule has 0 spiro atoms. The van der Waals surface area contributed by atoms with E-state index in [-0.39, 0.29) is 12.2 Å². The first-order valence-electron chi connectivity index (χ1n) is 6.80. The summed E-state index contributed by atoms with van der Waals surface area (Å²) in [5.74, 6) is -4.47. The zero-order valence-electron chi connectivity index (χ0n) is 12.2. The molecule has 2 aromatic rings. The molecular weight excluding hydrogens is 312 g/mol. The Morgan fingerprint density at radius 3 is 2.17 bits per heavy atom. The highest BCUT2D eigenvalue weighted by Crippen LogP contribution is 2.16. The van der Waals surface area contributed by atoms with Crippen molar-refractivity contribution >= 4 is 11.6 Å². The van der Waals surface area contributed by atoms with Gasteiger partial charge >= 0.3 is 0 Å². The van der Waals surface area contributed by atoms with Crippen LogP contribution in [0.4, 0.5) is 23.2 Å². The summed E-state index contributed by atoms with van der Waals surface area (Å²) in [6.07, 6.45) is 0. The minimum atomic E-state index is -1.06. The number of amides is 1. The van der Waals surface area contributed by atoms with Crippen molar-refractivity contribution in [1.82, 2.24) is 5.32 Å². The molecule has 1 amide bonds. The van der Waals surface area contributed by atoms with Crippen LogP contribution in [-0.2, 0) is 4.79 Å². The molecular formula is C16H14F4N2O. The minimum absolute atomic E-state index is 0.121. The summed E-state index contributed by atoms with van der Waals surface area (Å²) in [6.45, 7) is 1.54. The summed E-state index contributed by atoms with van der Waals surface area (Å²) >= 11 is 0. The highest BCUT2D eigenvalue weighted by atomic mass is 19.2. The maximum Gasteiger partial charge on any atom is 0.238 e. The van der Waals surface area contributed by atoms with E-state index in [4.69, 9.17) is 0 Å². The Hall–Kier alpha value is -2.41. The molecule has 0 bridgehead atoms. The first-order valence-corrected chi connectivity index (χ1v) is 6.80. The van der Waals surface area contributed by atoms with Crippen LogP contribution < -0.4 is 10.6 Å². The molecule has 0 aromatic heterocycles. The fraction of sp³-hybridized carbons (Fsp3) is 0.188. The number of hydrogen-bond acceptors (Lipinski definition) is 2. The van der Waals surface area contributed by atoms with Crippen molar-refractivity contribution in [2.45, 2.75) is 13.0 Å². The van der Waals surface area contributed by atoms with E-state index < -0.39 is 35.2 Å². The maximum absolute atomic E-state index is 13.1. The number of halogens is 4. The molecule has 0 saturated heterocycles. The Balaban J connectivity index is 1.90. The summed E-state index contributed by atoms with van der Waals surface area (Å²) in [5, 5.41) is 5.22. The number of carbonyl (C=O) groups excluding carboxylic acids is 1. The van der Waals surface area contributed by atoms with Gasteiger partial charge in [-0.25, -0.2) is 17.6 Å². The quantitative estimate of drug-likeness (QED) is 0.825. The van der Waals surface area contributed by atoms with E-state index in [9.17, 15) is 22.4 Å². The second-order valence-corrected chi connectivity index (χ2v) is 4.95. The van der Waals surface area contributed by atoms with Crippen LogP contribution in [0.2, 0.25) is 0 Å². The third-order valence-electron chi connectivity index (χ3n) is 3.22. The largest absolute Gasteiger partial charge is 0.325 e. The van der Waals surface area contributed by atoms with E-state index in [1.807, 2.05) is 0 Å².